The molecule has 48 heavy (non-hydrogen) atoms. The molecule has 14 nitrogen and oxygen atoms in total. The molecule has 5 atom stereocenters. The van der Waals surface area contributed by atoms with E-state index in [1.54, 1.807) is 32.5 Å². The highest BCUT2D eigenvalue weighted by atomic mass is 79.9. The highest BCUT2D eigenvalue weighted by Gasteiger charge is 2.61. The number of carboxylic acids is 1. The normalized spacial score (nSPS) is 27.1. The number of thioether (sulfide) groups is 1. The van der Waals surface area contributed by atoms with E-state index in [1.165, 1.54) is 9.70 Å². The summed E-state index contributed by atoms with van der Waals surface area (Å²) in [6.45, 7) is 5.25. The van der Waals surface area contributed by atoms with E-state index in [0.29, 0.717) is 35.9 Å². The molecule has 1 saturated carbocycles. The van der Waals surface area contributed by atoms with Gasteiger partial charge in [-0.25, -0.2) is 9.59 Å². The van der Waals surface area contributed by atoms with Crippen LogP contribution in [0.25, 0.3) is 11.4 Å². The average Bonchev–Trinajstić information content (AvgIpc) is 3.32. The molecule has 5 rings (SSSR count). The molecular formula is C32H42BrN7O7S. The second-order valence-corrected chi connectivity index (χ2v) is 15.0. The topological polar surface area (TPSA) is 178 Å². The zero-order valence-corrected chi connectivity index (χ0v) is 29.9. The minimum Gasteiger partial charge on any atom is -0.482 e. The van der Waals surface area contributed by atoms with E-state index in [4.69, 9.17) is 9.47 Å². The lowest BCUT2D eigenvalue weighted by Gasteiger charge is -2.30. The number of alkyl carbamates (subject to hydrolysis) is 1. The molecule has 0 unspecified atom stereocenters. The molecule has 0 radical (unpaired) electrons. The molecule has 2 aliphatic heterocycles. The van der Waals surface area contributed by atoms with Crippen LogP contribution in [0.2, 0.25) is 0 Å². The molecular weight excluding hydrogens is 706 g/mol. The zero-order valence-electron chi connectivity index (χ0n) is 27.5. The smallest absolute Gasteiger partial charge is 0.408 e. The fourth-order valence-corrected chi connectivity index (χ4v) is 6.81. The largest absolute Gasteiger partial charge is 0.482 e. The first-order chi connectivity index (χ1) is 22.8. The summed E-state index contributed by atoms with van der Waals surface area (Å²) in [5.41, 5.74) is -1.53. The lowest BCUT2D eigenvalue weighted by molar-refractivity contribution is -0.145. The molecule has 1 aromatic heterocycles. The lowest BCUT2D eigenvalue weighted by atomic mass is 10.0. The number of fused-ring (bicyclic) bond motifs is 2. The first-order valence-corrected chi connectivity index (χ1v) is 18.2. The number of benzene rings is 1. The molecule has 1 aliphatic carbocycles. The summed E-state index contributed by atoms with van der Waals surface area (Å²) >= 11 is 5.08. The van der Waals surface area contributed by atoms with Gasteiger partial charge >= 0.3 is 12.1 Å². The Kier molecular flexibility index (Phi) is 11.0. The van der Waals surface area contributed by atoms with Gasteiger partial charge in [-0.05, 0) is 92.1 Å². The number of nitrogens with one attached hydrogen (secondary N) is 2. The second-order valence-electron chi connectivity index (χ2n) is 13.4. The Morgan fingerprint density at radius 3 is 2.73 bits per heavy atom. The van der Waals surface area contributed by atoms with Crippen LogP contribution in [-0.2, 0) is 19.1 Å². The highest BCUT2D eigenvalue weighted by Crippen LogP contribution is 2.45. The lowest BCUT2D eigenvalue weighted by Crippen LogP contribution is -2.56. The standard InChI is InChI=1S/C32H42BrN7O7S/c1-31(2,3)47-30(45)34-23-11-9-7-5-6-8-10-20-16-32(20,29(43)44)35-27(41)24-15-21(17-39(24)28(23)42)40-37-26(36-38-40)19-12-13-25(22(33)14-19)46-18-48-4/h8,10,12-14,20-21,23-24H,5-7,9,11,15-18H2,1-4H3,(H,34,45)(H,35,41)(H,43,44)/b10-8-/t20-,21-,23+,24+,32-/m1/s1. The molecule has 3 amide bonds. The van der Waals surface area contributed by atoms with E-state index in [2.05, 4.69) is 42.0 Å². The third kappa shape index (κ3) is 8.31. The Labute approximate surface area is 291 Å². The summed E-state index contributed by atoms with van der Waals surface area (Å²) < 4.78 is 11.9. The number of carbonyl (C=O) groups excluding carboxylic acids is 3. The molecule has 16 heteroatoms. The number of tetrazole rings is 1. The Bertz CT molecular complexity index is 1560. The predicted molar refractivity (Wildman–Crippen MR) is 181 cm³/mol. The number of ether oxygens (including phenoxy) is 2. The maximum atomic E-state index is 14.2. The summed E-state index contributed by atoms with van der Waals surface area (Å²) in [6.07, 6.45) is 8.79. The number of aliphatic carboxylic acids is 1. The van der Waals surface area contributed by atoms with E-state index in [9.17, 15) is 24.3 Å². The summed E-state index contributed by atoms with van der Waals surface area (Å²) in [5.74, 6) is -0.995. The van der Waals surface area contributed by atoms with Crippen molar-refractivity contribution in [2.45, 2.75) is 95.0 Å². The van der Waals surface area contributed by atoms with Gasteiger partial charge in [-0.3, -0.25) is 9.59 Å². The van der Waals surface area contributed by atoms with Gasteiger partial charge < -0.3 is 30.1 Å². The quantitative estimate of drug-likeness (QED) is 0.272. The molecule has 1 saturated heterocycles. The fraction of sp³-hybridized carbons (Fsp3) is 0.594. The number of carbonyl (C=O) groups is 4. The van der Waals surface area contributed by atoms with Gasteiger partial charge in [-0.1, -0.05) is 25.0 Å². The third-order valence-corrected chi connectivity index (χ3v) is 9.58. The monoisotopic (exact) mass is 747 g/mol. The Balaban J connectivity index is 1.42. The van der Waals surface area contributed by atoms with Crippen molar-refractivity contribution in [3.63, 3.8) is 0 Å². The van der Waals surface area contributed by atoms with Gasteiger partial charge in [0.2, 0.25) is 17.6 Å². The maximum Gasteiger partial charge on any atom is 0.408 e. The van der Waals surface area contributed by atoms with Gasteiger partial charge in [0.15, 0.2) is 0 Å². The first kappa shape index (κ1) is 35.6. The molecule has 0 spiro atoms. The van der Waals surface area contributed by atoms with Gasteiger partial charge in [0.1, 0.15) is 34.9 Å². The summed E-state index contributed by atoms with van der Waals surface area (Å²) in [4.78, 5) is 56.1. The van der Waals surface area contributed by atoms with Crippen molar-refractivity contribution in [2.24, 2.45) is 5.92 Å². The van der Waals surface area contributed by atoms with E-state index in [-0.39, 0.29) is 25.3 Å². The number of halogens is 1. The molecule has 2 fully saturated rings. The second kappa shape index (κ2) is 14.8. The van der Waals surface area contributed by atoms with Crippen LogP contribution in [-0.4, -0.2) is 96.1 Å². The van der Waals surface area contributed by atoms with Gasteiger partial charge in [0.05, 0.1) is 10.5 Å². The van der Waals surface area contributed by atoms with Crippen LogP contribution in [0.4, 0.5) is 4.79 Å². The zero-order chi connectivity index (χ0) is 34.6. The SMILES string of the molecule is CSCOc1ccc(-c2nnn([C@@H]3C[C@H]4C(=O)N[C@]5(C(=O)O)C[C@H]5/C=C\CCCCC[C@H](NC(=O)OC(C)(C)C)C(=O)N4C3)n2)cc1Br. The van der Waals surface area contributed by atoms with Crippen molar-refractivity contribution in [1.82, 2.24) is 35.7 Å². The summed E-state index contributed by atoms with van der Waals surface area (Å²) in [5, 5.41) is 28.7. The number of nitrogens with zero attached hydrogens (tertiary/aromatic N) is 5. The van der Waals surface area contributed by atoms with E-state index in [1.807, 2.05) is 36.6 Å². The Hall–Kier alpha value is -3.66. The van der Waals surface area contributed by atoms with Crippen molar-refractivity contribution < 1.29 is 33.8 Å². The number of carboxylic acid groups (broad SMARTS) is 1. The van der Waals surface area contributed by atoms with Crippen LogP contribution < -0.4 is 15.4 Å². The first-order valence-electron chi connectivity index (χ1n) is 16.0. The molecule has 260 valence electrons. The van der Waals surface area contributed by atoms with Gasteiger partial charge in [-0.2, -0.15) is 4.80 Å². The van der Waals surface area contributed by atoms with Crippen molar-refractivity contribution in [1.29, 1.82) is 0 Å². The third-order valence-electron chi connectivity index (χ3n) is 8.61. The van der Waals surface area contributed by atoms with Crippen LogP contribution >= 0.6 is 27.7 Å². The minimum absolute atomic E-state index is 0.0494. The van der Waals surface area contributed by atoms with E-state index >= 15 is 0 Å². The van der Waals surface area contributed by atoms with Crippen LogP contribution in [0.5, 0.6) is 5.75 Å². The predicted octanol–water partition coefficient (Wildman–Crippen LogP) is 4.32. The van der Waals surface area contributed by atoms with Gasteiger partial charge in [-0.15, -0.1) is 22.0 Å². The van der Waals surface area contributed by atoms with Crippen LogP contribution in [0.3, 0.4) is 0 Å². The fourth-order valence-electron chi connectivity index (χ4n) is 6.07. The van der Waals surface area contributed by atoms with Crippen LogP contribution in [0.15, 0.2) is 34.8 Å². The molecule has 3 aliphatic rings. The number of hydrogen-bond donors (Lipinski definition) is 3. The maximum absolute atomic E-state index is 14.2. The number of hydrogen-bond acceptors (Lipinski definition) is 10. The van der Waals surface area contributed by atoms with Crippen molar-refractivity contribution in [3.8, 4) is 17.1 Å². The molecule has 3 heterocycles. The molecule has 2 aromatic rings. The van der Waals surface area contributed by atoms with Crippen molar-refractivity contribution >= 4 is 51.6 Å². The Morgan fingerprint density at radius 1 is 1.23 bits per heavy atom. The summed E-state index contributed by atoms with van der Waals surface area (Å²) in [7, 11) is 0. The highest BCUT2D eigenvalue weighted by molar-refractivity contribution is 9.10. The Morgan fingerprint density at radius 2 is 2.02 bits per heavy atom. The number of allylic oxidation sites excluding steroid dienone is 1. The van der Waals surface area contributed by atoms with Crippen LogP contribution in [0.1, 0.15) is 71.8 Å². The number of amides is 3. The number of aromatic nitrogens is 4. The van der Waals surface area contributed by atoms with E-state index in [0.717, 1.165) is 23.7 Å². The number of rotatable bonds is 7. The molecule has 0 bridgehead atoms. The van der Waals surface area contributed by atoms with Crippen molar-refractivity contribution in [2.75, 3.05) is 18.7 Å². The van der Waals surface area contributed by atoms with Gasteiger partial charge in [0, 0.05) is 24.4 Å². The summed E-state index contributed by atoms with van der Waals surface area (Å²) in [6, 6.07) is 2.91. The van der Waals surface area contributed by atoms with Crippen LogP contribution in [0, 0.1) is 5.92 Å². The van der Waals surface area contributed by atoms with Crippen molar-refractivity contribution in [3.05, 3.63) is 34.8 Å². The van der Waals surface area contributed by atoms with E-state index < -0.39 is 53.1 Å². The molecule has 1 aromatic carbocycles. The average molecular weight is 749 g/mol. The van der Waals surface area contributed by atoms with Gasteiger partial charge in [0.25, 0.3) is 0 Å². The minimum atomic E-state index is -1.44. The molecule has 3 N–H and O–H groups in total.